The molecule has 0 saturated carbocycles. The number of benzene rings is 1. The first-order valence-corrected chi connectivity index (χ1v) is 5.54. The topological polar surface area (TPSA) is 55.0 Å². The van der Waals surface area contributed by atoms with Crippen LogP contribution >= 0.6 is 0 Å². The van der Waals surface area contributed by atoms with Crippen LogP contribution in [0, 0.1) is 0 Å². The van der Waals surface area contributed by atoms with Gasteiger partial charge in [-0.1, -0.05) is 12.1 Å². The number of alkyl halides is 2. The van der Waals surface area contributed by atoms with Gasteiger partial charge in [0.15, 0.2) is 0 Å². The smallest absolute Gasteiger partial charge is 0.337 e. The van der Waals surface area contributed by atoms with E-state index < -0.39 is 11.9 Å². The van der Waals surface area contributed by atoms with Crippen LogP contribution in [0.2, 0.25) is 0 Å². The summed E-state index contributed by atoms with van der Waals surface area (Å²) in [4.78, 5) is 17.7. The molecule has 0 aliphatic heterocycles. The molecule has 1 aromatic heterocycles. The van der Waals surface area contributed by atoms with Gasteiger partial charge in [0.1, 0.15) is 11.5 Å². The second kappa shape index (κ2) is 4.79. The van der Waals surface area contributed by atoms with E-state index in [0.717, 1.165) is 13.1 Å². The van der Waals surface area contributed by atoms with Gasteiger partial charge < -0.3 is 9.72 Å². The first kappa shape index (κ1) is 13.2. The van der Waals surface area contributed by atoms with Crippen molar-refractivity contribution in [3.63, 3.8) is 0 Å². The molecular weight excluding hydrogens is 254 g/mol. The average Bonchev–Trinajstić information content (AvgIpc) is 2.87. The summed E-state index contributed by atoms with van der Waals surface area (Å²) in [6.45, 7) is 0.796. The summed E-state index contributed by atoms with van der Waals surface area (Å²) in [5.74, 6) is -3.09. The number of hydrogen-bond donors (Lipinski definition) is 1. The first-order chi connectivity index (χ1) is 8.91. The van der Waals surface area contributed by atoms with Crippen molar-refractivity contribution in [3.05, 3.63) is 41.7 Å². The summed E-state index contributed by atoms with van der Waals surface area (Å²) in [7, 11) is 1.29. The van der Waals surface area contributed by atoms with Crippen molar-refractivity contribution in [2.75, 3.05) is 7.11 Å². The zero-order valence-electron chi connectivity index (χ0n) is 10.4. The number of nitrogens with one attached hydrogen (secondary N) is 1. The Morgan fingerprint density at radius 2 is 1.95 bits per heavy atom. The minimum absolute atomic E-state index is 0.250. The Kier molecular flexibility index (Phi) is 3.33. The summed E-state index contributed by atoms with van der Waals surface area (Å²) in [5, 5.41) is 0. The lowest BCUT2D eigenvalue weighted by atomic mass is 10.1. The molecule has 6 heteroatoms. The summed E-state index contributed by atoms with van der Waals surface area (Å²) < 4.78 is 30.7. The quantitative estimate of drug-likeness (QED) is 0.869. The molecule has 0 radical (unpaired) electrons. The number of halogens is 2. The summed E-state index contributed by atoms with van der Waals surface area (Å²) in [6, 6.07) is 6.33. The fourth-order valence-electron chi connectivity index (χ4n) is 1.57. The number of esters is 1. The molecule has 1 aromatic carbocycles. The number of ether oxygens (including phenoxy) is 1. The largest absolute Gasteiger partial charge is 0.465 e. The van der Waals surface area contributed by atoms with E-state index in [2.05, 4.69) is 14.7 Å². The fraction of sp³-hybridized carbons (Fsp3) is 0.231. The Hall–Kier alpha value is -2.24. The van der Waals surface area contributed by atoms with Crippen LogP contribution in [0.5, 0.6) is 0 Å². The van der Waals surface area contributed by atoms with Crippen molar-refractivity contribution in [2.45, 2.75) is 12.8 Å². The molecule has 0 amide bonds. The highest BCUT2D eigenvalue weighted by atomic mass is 19.3. The molecule has 1 heterocycles. The van der Waals surface area contributed by atoms with Gasteiger partial charge in [0.2, 0.25) is 0 Å². The summed E-state index contributed by atoms with van der Waals surface area (Å²) in [5.41, 5.74) is 0.751. The van der Waals surface area contributed by atoms with Gasteiger partial charge in [-0.2, -0.15) is 8.78 Å². The average molecular weight is 266 g/mol. The molecule has 2 rings (SSSR count). The monoisotopic (exact) mass is 266 g/mol. The van der Waals surface area contributed by atoms with Gasteiger partial charge in [-0.15, -0.1) is 0 Å². The lowest BCUT2D eigenvalue weighted by molar-refractivity contribution is 0.0132. The number of rotatable bonds is 3. The van der Waals surface area contributed by atoms with Gasteiger partial charge in [0.05, 0.1) is 18.9 Å². The molecule has 19 heavy (non-hydrogen) atoms. The maximum Gasteiger partial charge on any atom is 0.337 e. The van der Waals surface area contributed by atoms with Gasteiger partial charge in [0.25, 0.3) is 5.92 Å². The SMILES string of the molecule is COC(=O)c1ccc(-c2ncc(C(C)(F)F)[nH]2)cc1. The third-order valence-corrected chi connectivity index (χ3v) is 2.63. The van der Waals surface area contributed by atoms with Crippen LogP contribution in [0.15, 0.2) is 30.5 Å². The van der Waals surface area contributed by atoms with Crippen molar-refractivity contribution < 1.29 is 18.3 Å². The molecule has 0 saturated heterocycles. The minimum Gasteiger partial charge on any atom is -0.465 e. The Balaban J connectivity index is 2.28. The Morgan fingerprint density at radius 1 is 1.32 bits per heavy atom. The Bertz CT molecular complexity index is 585. The zero-order valence-corrected chi connectivity index (χ0v) is 10.4. The predicted octanol–water partition coefficient (Wildman–Crippen LogP) is 2.98. The van der Waals surface area contributed by atoms with E-state index in [9.17, 15) is 13.6 Å². The van der Waals surface area contributed by atoms with Crippen molar-refractivity contribution >= 4 is 5.97 Å². The van der Waals surface area contributed by atoms with Gasteiger partial charge in [-0.05, 0) is 12.1 Å². The molecule has 0 spiro atoms. The number of carbonyl (C=O) groups excluding carboxylic acids is 1. The van der Waals surface area contributed by atoms with E-state index in [1.54, 1.807) is 24.3 Å². The van der Waals surface area contributed by atoms with E-state index in [4.69, 9.17) is 0 Å². The van der Waals surface area contributed by atoms with Gasteiger partial charge in [0, 0.05) is 12.5 Å². The van der Waals surface area contributed by atoms with E-state index in [-0.39, 0.29) is 5.69 Å². The Labute approximate surface area is 108 Å². The molecule has 0 bridgehead atoms. The number of aromatic nitrogens is 2. The number of carbonyl (C=O) groups is 1. The molecule has 0 aliphatic rings. The number of methoxy groups -OCH3 is 1. The molecule has 0 fully saturated rings. The van der Waals surface area contributed by atoms with Crippen LogP contribution in [0.3, 0.4) is 0 Å². The van der Waals surface area contributed by atoms with E-state index in [1.165, 1.54) is 7.11 Å². The van der Waals surface area contributed by atoms with Crippen molar-refractivity contribution in [2.24, 2.45) is 0 Å². The third-order valence-electron chi connectivity index (χ3n) is 2.63. The van der Waals surface area contributed by atoms with Crippen molar-refractivity contribution in [3.8, 4) is 11.4 Å². The highest BCUT2D eigenvalue weighted by Crippen LogP contribution is 2.27. The number of aromatic amines is 1. The lowest BCUT2D eigenvalue weighted by Gasteiger charge is -2.05. The van der Waals surface area contributed by atoms with Crippen LogP contribution in [0.25, 0.3) is 11.4 Å². The van der Waals surface area contributed by atoms with Crippen molar-refractivity contribution in [1.82, 2.24) is 9.97 Å². The zero-order chi connectivity index (χ0) is 14.0. The third kappa shape index (κ3) is 2.78. The molecule has 2 aromatic rings. The van der Waals surface area contributed by atoms with Crippen LogP contribution < -0.4 is 0 Å². The highest BCUT2D eigenvalue weighted by molar-refractivity contribution is 5.89. The van der Waals surface area contributed by atoms with Gasteiger partial charge in [-0.3, -0.25) is 0 Å². The molecule has 1 N–H and O–H groups in total. The van der Waals surface area contributed by atoms with E-state index in [1.807, 2.05) is 0 Å². The van der Waals surface area contributed by atoms with Crippen LogP contribution in [-0.2, 0) is 10.7 Å². The molecule has 4 nitrogen and oxygen atoms in total. The normalized spacial score (nSPS) is 11.4. The second-order valence-electron chi connectivity index (χ2n) is 4.10. The second-order valence-corrected chi connectivity index (χ2v) is 4.10. The number of hydrogen-bond acceptors (Lipinski definition) is 3. The van der Waals surface area contributed by atoms with Crippen molar-refractivity contribution in [1.29, 1.82) is 0 Å². The molecule has 0 atom stereocenters. The first-order valence-electron chi connectivity index (χ1n) is 5.54. The standard InChI is InChI=1S/C13H12F2N2O2/c1-13(14,15)10-7-16-11(17-10)8-3-5-9(6-4-8)12(18)19-2/h3-7H,1-2H3,(H,16,17). The molecule has 0 aliphatic carbocycles. The maximum absolute atomic E-state index is 13.1. The maximum atomic E-state index is 13.1. The fourth-order valence-corrected chi connectivity index (χ4v) is 1.57. The van der Waals surface area contributed by atoms with Gasteiger partial charge in [-0.25, -0.2) is 9.78 Å². The highest BCUT2D eigenvalue weighted by Gasteiger charge is 2.26. The Morgan fingerprint density at radius 3 is 2.42 bits per heavy atom. The summed E-state index contributed by atoms with van der Waals surface area (Å²) in [6.07, 6.45) is 1.10. The molecular formula is C13H12F2N2O2. The van der Waals surface area contributed by atoms with Gasteiger partial charge >= 0.3 is 5.97 Å². The van der Waals surface area contributed by atoms with Crippen LogP contribution in [0.1, 0.15) is 23.0 Å². The number of H-pyrrole nitrogens is 1. The van der Waals surface area contributed by atoms with E-state index >= 15 is 0 Å². The minimum atomic E-state index is -2.96. The lowest BCUT2D eigenvalue weighted by Crippen LogP contribution is -2.07. The van der Waals surface area contributed by atoms with Crippen LogP contribution in [0.4, 0.5) is 8.78 Å². The number of imidazole rings is 1. The molecule has 0 unspecified atom stereocenters. The predicted molar refractivity (Wildman–Crippen MR) is 64.9 cm³/mol. The molecule has 100 valence electrons. The summed E-state index contributed by atoms with van der Waals surface area (Å²) >= 11 is 0. The number of nitrogens with zero attached hydrogens (tertiary/aromatic N) is 1. The van der Waals surface area contributed by atoms with E-state index in [0.29, 0.717) is 17.0 Å². The van der Waals surface area contributed by atoms with Crippen LogP contribution in [-0.4, -0.2) is 23.0 Å².